The van der Waals surface area contributed by atoms with E-state index in [-0.39, 0.29) is 11.8 Å². The zero-order valence-corrected chi connectivity index (χ0v) is 14.2. The topological polar surface area (TPSA) is 49.4 Å². The number of rotatable bonds is 4. The van der Waals surface area contributed by atoms with Gasteiger partial charge in [-0.15, -0.1) is 0 Å². The highest BCUT2D eigenvalue weighted by molar-refractivity contribution is 6.30. The molecule has 0 saturated carbocycles. The maximum atomic E-state index is 12.8. The molecule has 1 heterocycles. The molecule has 1 fully saturated rings. The third-order valence-corrected chi connectivity index (χ3v) is 4.75. The molecule has 1 atom stereocenters. The lowest BCUT2D eigenvalue weighted by molar-refractivity contribution is -0.138. The van der Waals surface area contributed by atoms with Crippen LogP contribution in [-0.2, 0) is 16.1 Å². The van der Waals surface area contributed by atoms with Gasteiger partial charge < -0.3 is 10.2 Å². The normalized spacial score (nSPS) is 20.2. The van der Waals surface area contributed by atoms with Crippen molar-refractivity contribution in [3.05, 3.63) is 65.2 Å². The summed E-state index contributed by atoms with van der Waals surface area (Å²) in [4.78, 5) is 26.8. The molecule has 0 spiro atoms. The minimum atomic E-state index is -0.855. The van der Waals surface area contributed by atoms with Crippen LogP contribution in [0.25, 0.3) is 0 Å². The van der Waals surface area contributed by atoms with Gasteiger partial charge in [0.25, 0.3) is 0 Å². The van der Waals surface area contributed by atoms with Crippen LogP contribution in [-0.4, -0.2) is 22.3 Å². The van der Waals surface area contributed by atoms with Gasteiger partial charge in [0, 0.05) is 23.7 Å². The molecule has 0 aromatic heterocycles. The van der Waals surface area contributed by atoms with E-state index in [0.717, 1.165) is 5.56 Å². The molecule has 2 aromatic carbocycles. The molecule has 2 aromatic rings. The number of nitrogens with zero attached hydrogens (tertiary/aromatic N) is 1. The monoisotopic (exact) mass is 342 g/mol. The van der Waals surface area contributed by atoms with Crippen LogP contribution in [0.5, 0.6) is 0 Å². The summed E-state index contributed by atoms with van der Waals surface area (Å²) >= 11 is 5.87. The fraction of sp³-hybridized carbons (Fsp3) is 0.263. The van der Waals surface area contributed by atoms with Crippen LogP contribution in [0.4, 0.5) is 5.69 Å². The largest absolute Gasteiger partial charge is 0.324 e. The second-order valence-corrected chi connectivity index (χ2v) is 6.64. The molecule has 4 nitrogen and oxygen atoms in total. The summed E-state index contributed by atoms with van der Waals surface area (Å²) in [6, 6.07) is 16.7. The molecule has 1 N–H and O–H groups in total. The number of halogens is 1. The number of nitrogens with one attached hydrogen (secondary N) is 1. The molecule has 5 heteroatoms. The van der Waals surface area contributed by atoms with E-state index in [2.05, 4.69) is 5.32 Å². The third-order valence-electron chi connectivity index (χ3n) is 4.50. The van der Waals surface area contributed by atoms with Gasteiger partial charge in [-0.2, -0.15) is 0 Å². The molecule has 124 valence electrons. The third kappa shape index (κ3) is 3.29. The Hall–Kier alpha value is -2.33. The van der Waals surface area contributed by atoms with Crippen molar-refractivity contribution in [3.8, 4) is 0 Å². The Balaban J connectivity index is 1.79. The molecular formula is C19H19ClN2O2. The van der Waals surface area contributed by atoms with E-state index in [1.807, 2.05) is 37.3 Å². The van der Waals surface area contributed by atoms with Crippen molar-refractivity contribution in [2.24, 2.45) is 0 Å². The van der Waals surface area contributed by atoms with Gasteiger partial charge in [-0.05, 0) is 43.2 Å². The summed E-state index contributed by atoms with van der Waals surface area (Å²) in [5, 5.41) is 3.51. The van der Waals surface area contributed by atoms with Gasteiger partial charge in [-0.25, -0.2) is 0 Å². The zero-order chi connectivity index (χ0) is 17.2. The van der Waals surface area contributed by atoms with Crippen LogP contribution >= 0.6 is 11.6 Å². The van der Waals surface area contributed by atoms with E-state index in [0.29, 0.717) is 30.1 Å². The summed E-state index contributed by atoms with van der Waals surface area (Å²) in [5.74, 6) is -0.167. The smallest absolute Gasteiger partial charge is 0.250 e. The molecular weight excluding hydrogens is 324 g/mol. The molecule has 2 amide bonds. The summed E-state index contributed by atoms with van der Waals surface area (Å²) in [6.45, 7) is 2.26. The first kappa shape index (κ1) is 16.5. The summed E-state index contributed by atoms with van der Waals surface area (Å²) in [6.07, 6.45) is 0.898. The summed E-state index contributed by atoms with van der Waals surface area (Å²) in [5.41, 5.74) is 0.829. The van der Waals surface area contributed by atoms with E-state index in [1.54, 1.807) is 29.2 Å². The van der Waals surface area contributed by atoms with Gasteiger partial charge >= 0.3 is 0 Å². The van der Waals surface area contributed by atoms with Crippen molar-refractivity contribution in [1.29, 1.82) is 0 Å². The van der Waals surface area contributed by atoms with Crippen LogP contribution in [0.1, 0.15) is 25.3 Å². The SMILES string of the molecule is C[C@]1(C(=O)Nc2ccc(Cl)cc2)CCC(=O)N1Cc1ccccc1. The molecule has 24 heavy (non-hydrogen) atoms. The van der Waals surface area contributed by atoms with E-state index in [1.165, 1.54) is 0 Å². The second-order valence-electron chi connectivity index (χ2n) is 6.20. The minimum absolute atomic E-state index is 0.00705. The Morgan fingerprint density at radius 1 is 1.17 bits per heavy atom. The van der Waals surface area contributed by atoms with E-state index < -0.39 is 5.54 Å². The van der Waals surface area contributed by atoms with Crippen molar-refractivity contribution in [2.75, 3.05) is 5.32 Å². The molecule has 0 aliphatic carbocycles. The number of anilines is 1. The fourth-order valence-corrected chi connectivity index (χ4v) is 3.09. The van der Waals surface area contributed by atoms with Crippen molar-refractivity contribution in [3.63, 3.8) is 0 Å². The van der Waals surface area contributed by atoms with Crippen molar-refractivity contribution in [2.45, 2.75) is 31.8 Å². The first-order chi connectivity index (χ1) is 11.5. The molecule has 0 unspecified atom stereocenters. The number of hydrogen-bond donors (Lipinski definition) is 1. The predicted molar refractivity (Wildman–Crippen MR) is 94.7 cm³/mol. The molecule has 3 rings (SSSR count). The lowest BCUT2D eigenvalue weighted by Crippen LogP contribution is -2.51. The molecule has 0 radical (unpaired) electrons. The zero-order valence-electron chi connectivity index (χ0n) is 13.5. The van der Waals surface area contributed by atoms with Crippen LogP contribution in [0.3, 0.4) is 0 Å². The highest BCUT2D eigenvalue weighted by atomic mass is 35.5. The number of likely N-dealkylation sites (tertiary alicyclic amines) is 1. The van der Waals surface area contributed by atoms with Gasteiger partial charge in [0.15, 0.2) is 0 Å². The van der Waals surface area contributed by atoms with Crippen LogP contribution in [0.2, 0.25) is 5.02 Å². The van der Waals surface area contributed by atoms with E-state index in [4.69, 9.17) is 11.6 Å². The Bertz CT molecular complexity index is 746. The van der Waals surface area contributed by atoms with Crippen molar-refractivity contribution >= 4 is 29.1 Å². The second kappa shape index (κ2) is 6.65. The minimum Gasteiger partial charge on any atom is -0.324 e. The van der Waals surface area contributed by atoms with E-state index >= 15 is 0 Å². The van der Waals surface area contributed by atoms with Crippen LogP contribution in [0, 0.1) is 0 Å². The van der Waals surface area contributed by atoms with Gasteiger partial charge in [-0.1, -0.05) is 41.9 Å². The summed E-state index contributed by atoms with van der Waals surface area (Å²) < 4.78 is 0. The number of amides is 2. The molecule has 1 aliphatic heterocycles. The van der Waals surface area contributed by atoms with Gasteiger partial charge in [0.05, 0.1) is 0 Å². The highest BCUT2D eigenvalue weighted by Crippen LogP contribution is 2.33. The highest BCUT2D eigenvalue weighted by Gasteiger charge is 2.47. The summed E-state index contributed by atoms with van der Waals surface area (Å²) in [7, 11) is 0. The van der Waals surface area contributed by atoms with Crippen molar-refractivity contribution in [1.82, 2.24) is 4.90 Å². The van der Waals surface area contributed by atoms with E-state index in [9.17, 15) is 9.59 Å². The van der Waals surface area contributed by atoms with Gasteiger partial charge in [-0.3, -0.25) is 9.59 Å². The first-order valence-corrected chi connectivity index (χ1v) is 8.28. The maximum absolute atomic E-state index is 12.8. The maximum Gasteiger partial charge on any atom is 0.250 e. The fourth-order valence-electron chi connectivity index (χ4n) is 2.96. The Labute approximate surface area is 146 Å². The Morgan fingerprint density at radius 3 is 2.50 bits per heavy atom. The van der Waals surface area contributed by atoms with Gasteiger partial charge in [0.2, 0.25) is 11.8 Å². The quantitative estimate of drug-likeness (QED) is 0.917. The number of hydrogen-bond acceptors (Lipinski definition) is 2. The first-order valence-electron chi connectivity index (χ1n) is 7.90. The number of carbonyl (C=O) groups is 2. The Kier molecular flexibility index (Phi) is 4.58. The Morgan fingerprint density at radius 2 is 1.83 bits per heavy atom. The molecule has 1 saturated heterocycles. The molecule has 1 aliphatic rings. The lowest BCUT2D eigenvalue weighted by Gasteiger charge is -2.34. The lowest BCUT2D eigenvalue weighted by atomic mass is 9.97. The number of benzene rings is 2. The van der Waals surface area contributed by atoms with Crippen LogP contribution in [0.15, 0.2) is 54.6 Å². The van der Waals surface area contributed by atoms with Crippen molar-refractivity contribution < 1.29 is 9.59 Å². The predicted octanol–water partition coefficient (Wildman–Crippen LogP) is 3.86. The van der Waals surface area contributed by atoms with Crippen LogP contribution < -0.4 is 5.32 Å². The van der Waals surface area contributed by atoms with Gasteiger partial charge in [0.1, 0.15) is 5.54 Å². The average Bonchev–Trinajstić information content (AvgIpc) is 2.87. The number of carbonyl (C=O) groups excluding carboxylic acids is 2. The standard InChI is InChI=1S/C19H19ClN2O2/c1-19(18(24)21-16-9-7-15(20)8-10-16)12-11-17(23)22(19)13-14-5-3-2-4-6-14/h2-10H,11-13H2,1H3,(H,21,24)/t19-/m1/s1. The average molecular weight is 343 g/mol. The molecule has 0 bridgehead atoms.